The summed E-state index contributed by atoms with van der Waals surface area (Å²) in [6.07, 6.45) is 1.82. The minimum absolute atomic E-state index is 0.00220. The van der Waals surface area contributed by atoms with Crippen molar-refractivity contribution in [3.8, 4) is 11.5 Å². The number of hydrogen-bond acceptors (Lipinski definition) is 8. The summed E-state index contributed by atoms with van der Waals surface area (Å²) in [6, 6.07) is 12.8. The summed E-state index contributed by atoms with van der Waals surface area (Å²) < 4.78 is 19.2. The second-order valence-electron chi connectivity index (χ2n) is 9.59. The van der Waals surface area contributed by atoms with Gasteiger partial charge in [0.1, 0.15) is 0 Å². The maximum absolute atomic E-state index is 13.9. The van der Waals surface area contributed by atoms with Crippen LogP contribution in [0, 0.1) is 0 Å². The lowest BCUT2D eigenvalue weighted by atomic mass is 9.95. The summed E-state index contributed by atoms with van der Waals surface area (Å²) >= 11 is 1.29. The number of thiazole rings is 1. The normalized spacial score (nSPS) is 15.2. The van der Waals surface area contributed by atoms with Gasteiger partial charge in [-0.15, -0.1) is 0 Å². The standard InChI is InChI=1S/C30H35N3O5S/c1-8-36-24-16-20(10-15-23(24)38-18(3)4)17-25-28(34)33-27(21-11-13-22(14-12-21)32(6)7)26(29(35)37-9-2)19(5)31-30(33)39-25/h10-18,27H,8-9H2,1-7H3/b25-17-/t27-/m0/s1. The second kappa shape index (κ2) is 11.9. The van der Waals surface area contributed by atoms with Crippen LogP contribution in [-0.4, -0.2) is 43.9 Å². The summed E-state index contributed by atoms with van der Waals surface area (Å²) in [6.45, 7) is 10.1. The Balaban J connectivity index is 1.87. The molecule has 0 saturated heterocycles. The fraction of sp³-hybridized carbons (Fsp3) is 0.367. The van der Waals surface area contributed by atoms with E-state index in [1.54, 1.807) is 18.4 Å². The molecule has 0 aliphatic carbocycles. The average Bonchev–Trinajstić information content (AvgIpc) is 3.19. The Morgan fingerprint density at radius 1 is 1.10 bits per heavy atom. The molecule has 3 aromatic rings. The molecular weight excluding hydrogens is 514 g/mol. The Labute approximate surface area is 232 Å². The number of carbonyl (C=O) groups is 1. The highest BCUT2D eigenvalue weighted by molar-refractivity contribution is 7.07. The molecule has 1 aliphatic rings. The molecule has 0 amide bonds. The molecule has 8 nitrogen and oxygen atoms in total. The largest absolute Gasteiger partial charge is 0.490 e. The van der Waals surface area contributed by atoms with E-state index in [4.69, 9.17) is 14.2 Å². The van der Waals surface area contributed by atoms with Gasteiger partial charge >= 0.3 is 5.97 Å². The van der Waals surface area contributed by atoms with Crippen LogP contribution in [0.1, 0.15) is 51.8 Å². The van der Waals surface area contributed by atoms with Crippen molar-refractivity contribution in [1.29, 1.82) is 0 Å². The quantitative estimate of drug-likeness (QED) is 0.375. The van der Waals surface area contributed by atoms with E-state index < -0.39 is 12.0 Å². The summed E-state index contributed by atoms with van der Waals surface area (Å²) in [5.74, 6) is 0.796. The first kappa shape index (κ1) is 28.2. The monoisotopic (exact) mass is 549 g/mol. The van der Waals surface area contributed by atoms with E-state index in [0.29, 0.717) is 38.7 Å². The second-order valence-corrected chi connectivity index (χ2v) is 10.6. The van der Waals surface area contributed by atoms with Crippen molar-refractivity contribution in [1.82, 2.24) is 4.57 Å². The van der Waals surface area contributed by atoms with Gasteiger partial charge in [0.15, 0.2) is 16.3 Å². The molecular formula is C30H35N3O5S. The van der Waals surface area contributed by atoms with Crippen molar-refractivity contribution in [3.05, 3.63) is 84.5 Å². The number of allylic oxidation sites excluding steroid dienone is 1. The van der Waals surface area contributed by atoms with Crippen LogP contribution in [0.15, 0.2) is 63.5 Å². The van der Waals surface area contributed by atoms with Crippen LogP contribution in [0.2, 0.25) is 0 Å². The predicted octanol–water partition coefficient (Wildman–Crippen LogP) is 4.05. The zero-order chi connectivity index (χ0) is 28.3. The van der Waals surface area contributed by atoms with E-state index in [2.05, 4.69) is 4.99 Å². The first-order valence-corrected chi connectivity index (χ1v) is 13.9. The maximum atomic E-state index is 13.9. The zero-order valence-corrected chi connectivity index (χ0v) is 24.3. The van der Waals surface area contributed by atoms with Gasteiger partial charge in [0, 0.05) is 19.8 Å². The molecule has 0 spiro atoms. The van der Waals surface area contributed by atoms with Gasteiger partial charge in [-0.2, -0.15) is 0 Å². The lowest BCUT2D eigenvalue weighted by Gasteiger charge is -2.25. The van der Waals surface area contributed by atoms with Gasteiger partial charge in [0.25, 0.3) is 5.56 Å². The number of benzene rings is 2. The SMILES string of the molecule is CCOC(=O)C1=C(C)N=c2s/c(=C\c3ccc(OC(C)C)c(OCC)c3)c(=O)n2[C@H]1c1ccc(N(C)C)cc1. The topological polar surface area (TPSA) is 82.4 Å². The summed E-state index contributed by atoms with van der Waals surface area (Å²) in [7, 11) is 3.93. The molecule has 1 atom stereocenters. The highest BCUT2D eigenvalue weighted by Gasteiger charge is 2.33. The van der Waals surface area contributed by atoms with E-state index in [1.807, 2.05) is 88.3 Å². The van der Waals surface area contributed by atoms with Crippen LogP contribution in [-0.2, 0) is 9.53 Å². The molecule has 1 aromatic heterocycles. The van der Waals surface area contributed by atoms with Gasteiger partial charge in [-0.05, 0) is 76.1 Å². The van der Waals surface area contributed by atoms with Crippen LogP contribution < -0.4 is 29.3 Å². The third-order valence-electron chi connectivity index (χ3n) is 6.17. The van der Waals surface area contributed by atoms with Gasteiger partial charge in [0.05, 0.1) is 41.2 Å². The Bertz CT molecular complexity index is 1570. The molecule has 206 valence electrons. The fourth-order valence-electron chi connectivity index (χ4n) is 4.45. The number of fused-ring (bicyclic) bond motifs is 1. The molecule has 0 saturated carbocycles. The van der Waals surface area contributed by atoms with E-state index in [-0.39, 0.29) is 18.3 Å². The molecule has 4 rings (SSSR count). The van der Waals surface area contributed by atoms with Crippen LogP contribution in [0.3, 0.4) is 0 Å². The van der Waals surface area contributed by atoms with Gasteiger partial charge < -0.3 is 19.1 Å². The van der Waals surface area contributed by atoms with Gasteiger partial charge in [0.2, 0.25) is 0 Å². The van der Waals surface area contributed by atoms with Crippen molar-refractivity contribution in [3.63, 3.8) is 0 Å². The third-order valence-corrected chi connectivity index (χ3v) is 7.15. The molecule has 0 radical (unpaired) electrons. The molecule has 39 heavy (non-hydrogen) atoms. The molecule has 1 aliphatic heterocycles. The first-order chi connectivity index (χ1) is 18.6. The molecule has 0 N–H and O–H groups in total. The number of hydrogen-bond donors (Lipinski definition) is 0. The number of aromatic nitrogens is 1. The Morgan fingerprint density at radius 3 is 2.44 bits per heavy atom. The number of carbonyl (C=O) groups excluding carboxylic acids is 1. The van der Waals surface area contributed by atoms with Gasteiger partial charge in [-0.25, -0.2) is 9.79 Å². The minimum Gasteiger partial charge on any atom is -0.490 e. The zero-order valence-electron chi connectivity index (χ0n) is 23.5. The van der Waals surface area contributed by atoms with E-state index >= 15 is 0 Å². The van der Waals surface area contributed by atoms with Crippen LogP contribution in [0.25, 0.3) is 6.08 Å². The summed E-state index contributed by atoms with van der Waals surface area (Å²) in [5, 5.41) is 0. The van der Waals surface area contributed by atoms with Crippen LogP contribution in [0.4, 0.5) is 5.69 Å². The molecule has 0 fully saturated rings. The molecule has 2 aromatic carbocycles. The van der Waals surface area contributed by atoms with E-state index in [1.165, 1.54) is 11.3 Å². The van der Waals surface area contributed by atoms with Crippen molar-refractivity contribution in [2.24, 2.45) is 4.99 Å². The van der Waals surface area contributed by atoms with Gasteiger partial charge in [-0.1, -0.05) is 29.5 Å². The predicted molar refractivity (Wildman–Crippen MR) is 155 cm³/mol. The smallest absolute Gasteiger partial charge is 0.338 e. The van der Waals surface area contributed by atoms with Crippen molar-refractivity contribution < 1.29 is 19.0 Å². The molecule has 9 heteroatoms. The van der Waals surface area contributed by atoms with E-state index in [0.717, 1.165) is 16.8 Å². The Hall–Kier alpha value is -3.85. The molecule has 0 bridgehead atoms. The highest BCUT2D eigenvalue weighted by atomic mass is 32.1. The number of esters is 1. The molecule has 2 heterocycles. The maximum Gasteiger partial charge on any atom is 0.338 e. The Morgan fingerprint density at radius 2 is 1.82 bits per heavy atom. The third kappa shape index (κ3) is 5.93. The average molecular weight is 550 g/mol. The summed E-state index contributed by atoms with van der Waals surface area (Å²) in [5.41, 5.74) is 3.29. The van der Waals surface area contributed by atoms with Crippen molar-refractivity contribution in [2.75, 3.05) is 32.2 Å². The number of anilines is 1. The Kier molecular flexibility index (Phi) is 8.60. The lowest BCUT2D eigenvalue weighted by Crippen LogP contribution is -2.39. The summed E-state index contributed by atoms with van der Waals surface area (Å²) in [4.78, 5) is 34.2. The van der Waals surface area contributed by atoms with Crippen molar-refractivity contribution in [2.45, 2.75) is 46.8 Å². The van der Waals surface area contributed by atoms with Crippen molar-refractivity contribution >= 4 is 29.1 Å². The van der Waals surface area contributed by atoms with E-state index in [9.17, 15) is 9.59 Å². The fourth-order valence-corrected chi connectivity index (χ4v) is 5.49. The lowest BCUT2D eigenvalue weighted by molar-refractivity contribution is -0.139. The minimum atomic E-state index is -0.653. The van der Waals surface area contributed by atoms with Crippen LogP contribution in [0.5, 0.6) is 11.5 Å². The molecule has 0 unspecified atom stereocenters. The number of ether oxygens (including phenoxy) is 3. The first-order valence-electron chi connectivity index (χ1n) is 13.0. The number of rotatable bonds is 9. The van der Waals surface area contributed by atoms with Crippen LogP contribution >= 0.6 is 11.3 Å². The number of nitrogens with zero attached hydrogens (tertiary/aromatic N) is 3. The highest BCUT2D eigenvalue weighted by Crippen LogP contribution is 2.32. The van der Waals surface area contributed by atoms with Gasteiger partial charge in [-0.3, -0.25) is 9.36 Å².